The van der Waals surface area contributed by atoms with Crippen molar-refractivity contribution in [1.82, 2.24) is 0 Å². The molecule has 0 N–H and O–H groups in total. The quantitative estimate of drug-likeness (QED) is 0.722. The van der Waals surface area contributed by atoms with Crippen molar-refractivity contribution in [3.63, 3.8) is 0 Å². The third-order valence-electron chi connectivity index (χ3n) is 3.06. The van der Waals surface area contributed by atoms with E-state index in [0.717, 1.165) is 5.56 Å². The molecular weight excluding hydrogens is 319 g/mol. The van der Waals surface area contributed by atoms with E-state index in [1.165, 1.54) is 17.7 Å². The number of benzene rings is 2. The van der Waals surface area contributed by atoms with E-state index in [1.54, 1.807) is 6.07 Å². The molecule has 2 rings (SSSR count). The van der Waals surface area contributed by atoms with Crippen molar-refractivity contribution in [3.05, 3.63) is 63.9 Å². The monoisotopic (exact) mass is 336 g/mol. The van der Waals surface area contributed by atoms with E-state index in [-0.39, 0.29) is 11.2 Å². The molecule has 0 aromatic heterocycles. The van der Waals surface area contributed by atoms with Crippen LogP contribution in [0.3, 0.4) is 0 Å². The van der Waals surface area contributed by atoms with E-state index in [9.17, 15) is 4.39 Å². The number of halogens is 2. The zero-order valence-corrected chi connectivity index (χ0v) is 13.5. The Hall–Kier alpha value is -1.35. The summed E-state index contributed by atoms with van der Waals surface area (Å²) in [6, 6.07) is 12.9. The highest BCUT2D eigenvalue weighted by Gasteiger charge is 2.12. The van der Waals surface area contributed by atoms with Crippen LogP contribution in [0, 0.1) is 5.82 Å². The van der Waals surface area contributed by atoms with Gasteiger partial charge in [-0.25, -0.2) is 4.39 Å². The van der Waals surface area contributed by atoms with Crippen LogP contribution in [-0.2, 0) is 12.0 Å². The fraction of sp³-hybridized carbons (Fsp3) is 0.294. The third kappa shape index (κ3) is 4.07. The normalized spacial score (nSPS) is 11.4. The summed E-state index contributed by atoms with van der Waals surface area (Å²) in [6.45, 7) is 6.98. The summed E-state index contributed by atoms with van der Waals surface area (Å²) in [5.74, 6) is 0.217. The first-order valence-corrected chi connectivity index (χ1v) is 7.32. The molecule has 0 heterocycles. The van der Waals surface area contributed by atoms with Crippen LogP contribution in [0.2, 0.25) is 0 Å². The second-order valence-corrected chi connectivity index (χ2v) is 6.76. The molecule has 3 heteroatoms. The van der Waals surface area contributed by atoms with E-state index in [2.05, 4.69) is 61.0 Å². The standard InChI is InChI=1S/C17H18BrFO/c1-17(2,3)13-6-4-12(5-7-13)11-20-16-9-14(18)8-15(19)10-16/h4-10H,11H2,1-3H3. The molecule has 2 aromatic rings. The van der Waals surface area contributed by atoms with Gasteiger partial charge in [0.1, 0.15) is 18.2 Å². The summed E-state index contributed by atoms with van der Waals surface area (Å²) >= 11 is 3.25. The van der Waals surface area contributed by atoms with Crippen molar-refractivity contribution in [3.8, 4) is 5.75 Å². The lowest BCUT2D eigenvalue weighted by molar-refractivity contribution is 0.304. The van der Waals surface area contributed by atoms with E-state index in [1.807, 2.05) is 0 Å². The lowest BCUT2D eigenvalue weighted by Crippen LogP contribution is -2.10. The van der Waals surface area contributed by atoms with Crippen LogP contribution < -0.4 is 4.74 Å². The Labute approximate surface area is 127 Å². The Kier molecular flexibility index (Phi) is 4.48. The molecule has 0 saturated heterocycles. The number of hydrogen-bond acceptors (Lipinski definition) is 1. The molecular formula is C17H18BrFO. The minimum atomic E-state index is -0.308. The zero-order chi connectivity index (χ0) is 14.8. The number of rotatable bonds is 3. The number of ether oxygens (including phenoxy) is 1. The fourth-order valence-corrected chi connectivity index (χ4v) is 2.32. The topological polar surface area (TPSA) is 9.23 Å². The second-order valence-electron chi connectivity index (χ2n) is 5.84. The molecule has 1 nitrogen and oxygen atoms in total. The maximum absolute atomic E-state index is 13.2. The van der Waals surface area contributed by atoms with Crippen LogP contribution in [0.25, 0.3) is 0 Å². The van der Waals surface area contributed by atoms with E-state index in [0.29, 0.717) is 16.8 Å². The van der Waals surface area contributed by atoms with Gasteiger partial charge in [-0.2, -0.15) is 0 Å². The second kappa shape index (κ2) is 5.96. The van der Waals surface area contributed by atoms with Crippen LogP contribution in [0.5, 0.6) is 5.75 Å². The summed E-state index contributed by atoms with van der Waals surface area (Å²) in [6.07, 6.45) is 0. The van der Waals surface area contributed by atoms with Crippen LogP contribution >= 0.6 is 15.9 Å². The first-order chi connectivity index (χ1) is 9.34. The van der Waals surface area contributed by atoms with E-state index < -0.39 is 0 Å². The van der Waals surface area contributed by atoms with Crippen molar-refractivity contribution in [2.75, 3.05) is 0 Å². The molecule has 106 valence electrons. The molecule has 0 fully saturated rings. The van der Waals surface area contributed by atoms with Gasteiger partial charge in [0.2, 0.25) is 0 Å². The highest BCUT2D eigenvalue weighted by atomic mass is 79.9. The molecule has 0 aliphatic rings. The van der Waals surface area contributed by atoms with Crippen LogP contribution in [0.4, 0.5) is 4.39 Å². The van der Waals surface area contributed by atoms with Crippen molar-refractivity contribution in [1.29, 1.82) is 0 Å². The Bertz CT molecular complexity index is 565. The van der Waals surface area contributed by atoms with Crippen molar-refractivity contribution >= 4 is 15.9 Å². The summed E-state index contributed by atoms with van der Waals surface area (Å²) in [5, 5.41) is 0. The Balaban J connectivity index is 2.04. The molecule has 0 aliphatic carbocycles. The van der Waals surface area contributed by atoms with Gasteiger partial charge < -0.3 is 4.74 Å². The molecule has 0 unspecified atom stereocenters. The van der Waals surface area contributed by atoms with Gasteiger partial charge in [0.25, 0.3) is 0 Å². The summed E-state index contributed by atoms with van der Waals surface area (Å²) in [7, 11) is 0. The Morgan fingerprint density at radius 2 is 1.70 bits per heavy atom. The molecule has 2 aromatic carbocycles. The molecule has 0 radical (unpaired) electrons. The average molecular weight is 337 g/mol. The summed E-state index contributed by atoms with van der Waals surface area (Å²) < 4.78 is 19.5. The Morgan fingerprint density at radius 3 is 2.25 bits per heavy atom. The molecule has 0 saturated carbocycles. The minimum absolute atomic E-state index is 0.146. The highest BCUT2D eigenvalue weighted by Crippen LogP contribution is 2.24. The van der Waals surface area contributed by atoms with Gasteiger partial charge in [-0.3, -0.25) is 0 Å². The van der Waals surface area contributed by atoms with Crippen molar-refractivity contribution in [2.24, 2.45) is 0 Å². The molecule has 0 bridgehead atoms. The maximum atomic E-state index is 13.2. The average Bonchev–Trinajstić information content (AvgIpc) is 2.35. The summed E-state index contributed by atoms with van der Waals surface area (Å²) in [5.41, 5.74) is 2.50. The van der Waals surface area contributed by atoms with Crippen LogP contribution in [0.15, 0.2) is 46.9 Å². The SMILES string of the molecule is CC(C)(C)c1ccc(COc2cc(F)cc(Br)c2)cc1. The molecule has 20 heavy (non-hydrogen) atoms. The van der Waals surface area contributed by atoms with Crippen molar-refractivity contribution < 1.29 is 9.13 Å². The van der Waals surface area contributed by atoms with Gasteiger partial charge in [0.05, 0.1) is 0 Å². The highest BCUT2D eigenvalue weighted by molar-refractivity contribution is 9.10. The lowest BCUT2D eigenvalue weighted by atomic mass is 9.87. The predicted molar refractivity (Wildman–Crippen MR) is 83.6 cm³/mol. The summed E-state index contributed by atoms with van der Waals surface area (Å²) in [4.78, 5) is 0. The van der Waals surface area contributed by atoms with Gasteiger partial charge >= 0.3 is 0 Å². The molecule has 0 aliphatic heterocycles. The van der Waals surface area contributed by atoms with Crippen molar-refractivity contribution in [2.45, 2.75) is 32.8 Å². The van der Waals surface area contributed by atoms with Gasteiger partial charge in [0.15, 0.2) is 0 Å². The zero-order valence-electron chi connectivity index (χ0n) is 11.9. The molecule has 0 spiro atoms. The molecule has 0 amide bonds. The largest absolute Gasteiger partial charge is 0.489 e. The minimum Gasteiger partial charge on any atom is -0.489 e. The smallest absolute Gasteiger partial charge is 0.128 e. The van der Waals surface area contributed by atoms with Gasteiger partial charge in [-0.05, 0) is 28.7 Å². The number of hydrogen-bond donors (Lipinski definition) is 0. The van der Waals surface area contributed by atoms with Crippen LogP contribution in [0.1, 0.15) is 31.9 Å². The predicted octanol–water partition coefficient (Wildman–Crippen LogP) is 5.46. The first-order valence-electron chi connectivity index (χ1n) is 6.53. The van der Waals surface area contributed by atoms with Gasteiger partial charge in [0, 0.05) is 10.5 Å². The van der Waals surface area contributed by atoms with Gasteiger partial charge in [-0.15, -0.1) is 0 Å². The van der Waals surface area contributed by atoms with E-state index >= 15 is 0 Å². The Morgan fingerprint density at radius 1 is 1.05 bits per heavy atom. The van der Waals surface area contributed by atoms with E-state index in [4.69, 9.17) is 4.74 Å². The molecule has 0 atom stereocenters. The van der Waals surface area contributed by atoms with Crippen LogP contribution in [-0.4, -0.2) is 0 Å². The third-order valence-corrected chi connectivity index (χ3v) is 3.52. The maximum Gasteiger partial charge on any atom is 0.128 e. The van der Waals surface area contributed by atoms with Gasteiger partial charge in [-0.1, -0.05) is 61.0 Å². The first kappa shape index (κ1) is 15.0. The lowest BCUT2D eigenvalue weighted by Gasteiger charge is -2.19. The fourth-order valence-electron chi connectivity index (χ4n) is 1.88.